The molecule has 6 heterocycles. The van der Waals surface area contributed by atoms with E-state index in [1.54, 1.807) is 24.5 Å². The normalized spacial score (nSPS) is 17.7. The summed E-state index contributed by atoms with van der Waals surface area (Å²) in [4.78, 5) is 59.1. The van der Waals surface area contributed by atoms with E-state index in [0.29, 0.717) is 52.2 Å². The summed E-state index contributed by atoms with van der Waals surface area (Å²) < 4.78 is 1.83. The number of carbonyl (C=O) groups is 2. The Bertz CT molecular complexity index is 1830. The van der Waals surface area contributed by atoms with Crippen LogP contribution in [0.15, 0.2) is 40.9 Å². The van der Waals surface area contributed by atoms with Crippen molar-refractivity contribution < 1.29 is 14.7 Å². The van der Waals surface area contributed by atoms with Crippen molar-refractivity contribution in [3.63, 3.8) is 0 Å². The first-order chi connectivity index (χ1) is 22.7. The lowest BCUT2D eigenvalue weighted by atomic mass is 10.0. The molecule has 0 unspecified atom stereocenters. The first kappa shape index (κ1) is 32.7. The Kier molecular flexibility index (Phi) is 9.92. The number of hydrogen-bond donors (Lipinski definition) is 3. The molecule has 248 valence electrons. The fraction of sp³-hybridized carbons (Fsp3) is 0.455. The topological polar surface area (TPSA) is 149 Å². The molecular weight excluding hydrogens is 618 g/mol. The van der Waals surface area contributed by atoms with E-state index in [1.165, 1.54) is 17.5 Å². The number of aromatic nitrogens is 4. The fourth-order valence-corrected chi connectivity index (χ4v) is 7.17. The maximum atomic E-state index is 13.5. The van der Waals surface area contributed by atoms with Gasteiger partial charge in [0.15, 0.2) is 0 Å². The van der Waals surface area contributed by atoms with Crippen LogP contribution < -0.4 is 16.1 Å². The van der Waals surface area contributed by atoms with Crippen LogP contribution in [0, 0.1) is 12.8 Å². The Hall–Kier alpha value is -4.24. The van der Waals surface area contributed by atoms with E-state index in [2.05, 4.69) is 42.3 Å². The molecular formula is C33H41N9O4S. The second-order valence-electron chi connectivity index (χ2n) is 12.4. The number of fused-ring (bicyclic) bond motifs is 1. The number of anilines is 1. The summed E-state index contributed by atoms with van der Waals surface area (Å²) in [6.45, 7) is 13.1. The van der Waals surface area contributed by atoms with Crippen molar-refractivity contribution in [2.45, 2.75) is 26.8 Å². The number of urea groups is 1. The van der Waals surface area contributed by atoms with Crippen molar-refractivity contribution in [1.82, 2.24) is 39.5 Å². The van der Waals surface area contributed by atoms with E-state index in [0.717, 1.165) is 64.5 Å². The van der Waals surface area contributed by atoms with E-state index in [9.17, 15) is 19.5 Å². The number of hydrogen-bond acceptors (Lipinski definition) is 10. The lowest BCUT2D eigenvalue weighted by Crippen LogP contribution is -2.46. The zero-order chi connectivity index (χ0) is 33.1. The minimum absolute atomic E-state index is 0.234. The molecule has 4 aromatic rings. The Labute approximate surface area is 277 Å². The highest BCUT2D eigenvalue weighted by Crippen LogP contribution is 2.35. The molecule has 2 fully saturated rings. The lowest BCUT2D eigenvalue weighted by molar-refractivity contribution is 0.0694. The van der Waals surface area contributed by atoms with Gasteiger partial charge in [0.2, 0.25) is 5.43 Å². The Balaban J connectivity index is 1.29. The Morgan fingerprint density at radius 1 is 1.04 bits per heavy atom. The third-order valence-electron chi connectivity index (χ3n) is 8.94. The van der Waals surface area contributed by atoms with Gasteiger partial charge in [0.1, 0.15) is 22.0 Å². The average molecular weight is 660 g/mol. The number of likely N-dealkylation sites (N-methyl/N-ethyl adjacent to an activating group) is 1. The molecule has 0 spiro atoms. The summed E-state index contributed by atoms with van der Waals surface area (Å²) in [5, 5.41) is 18.3. The number of piperazine rings is 1. The minimum Gasteiger partial charge on any atom is -0.477 e. The zero-order valence-electron chi connectivity index (χ0n) is 27.0. The standard InChI is InChI=1S/C33H41N9O4S/c1-4-34-33(46)38-28-14-24(31-37-21(2)20-47-31)26(16-35-28)23-13-25-29(43)27(32(44)45)19-42(30(25)36-15-23)18-22-5-6-41(17-22)12-11-40-9-7-39(3)8-10-40/h13-16,19-20,22H,4-12,17-18H2,1-3H3,(H,44,45)(H2,34,35,38,46)/t22-/m1/s1. The highest BCUT2D eigenvalue weighted by atomic mass is 32.1. The van der Waals surface area contributed by atoms with Gasteiger partial charge in [0.25, 0.3) is 0 Å². The van der Waals surface area contributed by atoms with Gasteiger partial charge in [-0.15, -0.1) is 11.3 Å². The largest absolute Gasteiger partial charge is 0.477 e. The number of carboxylic acid groups (broad SMARTS) is 1. The van der Waals surface area contributed by atoms with Crippen LogP contribution in [0.3, 0.4) is 0 Å². The van der Waals surface area contributed by atoms with Gasteiger partial charge in [0, 0.05) is 105 Å². The first-order valence-corrected chi connectivity index (χ1v) is 16.9. The zero-order valence-corrected chi connectivity index (χ0v) is 27.8. The Morgan fingerprint density at radius 3 is 2.55 bits per heavy atom. The summed E-state index contributed by atoms with van der Waals surface area (Å²) in [7, 11) is 2.17. The number of nitrogens with zero attached hydrogens (tertiary/aromatic N) is 7. The molecule has 13 nitrogen and oxygen atoms in total. The highest BCUT2D eigenvalue weighted by Gasteiger charge is 2.26. The van der Waals surface area contributed by atoms with Gasteiger partial charge in [-0.25, -0.2) is 24.5 Å². The van der Waals surface area contributed by atoms with Crippen LogP contribution in [0.5, 0.6) is 0 Å². The number of aromatic carboxylic acids is 1. The molecule has 4 aromatic heterocycles. The summed E-state index contributed by atoms with van der Waals surface area (Å²) in [6, 6.07) is 3.07. The summed E-state index contributed by atoms with van der Waals surface area (Å²) >= 11 is 1.45. The van der Waals surface area contributed by atoms with Crippen LogP contribution in [0.1, 0.15) is 29.4 Å². The lowest BCUT2D eigenvalue weighted by Gasteiger charge is -2.33. The molecule has 0 radical (unpaired) electrons. The van der Waals surface area contributed by atoms with Crippen molar-refractivity contribution in [3.8, 4) is 21.7 Å². The van der Waals surface area contributed by atoms with Gasteiger partial charge < -0.3 is 24.8 Å². The van der Waals surface area contributed by atoms with Crippen molar-refractivity contribution in [1.29, 1.82) is 0 Å². The van der Waals surface area contributed by atoms with E-state index >= 15 is 0 Å². The molecule has 6 rings (SSSR count). The minimum atomic E-state index is -1.27. The van der Waals surface area contributed by atoms with E-state index in [4.69, 9.17) is 4.98 Å². The smallest absolute Gasteiger partial charge is 0.341 e. The second kappa shape index (κ2) is 14.3. The quantitative estimate of drug-likeness (QED) is 0.232. The van der Waals surface area contributed by atoms with Gasteiger partial charge in [-0.1, -0.05) is 0 Å². The number of amides is 2. The maximum absolute atomic E-state index is 13.5. The fourth-order valence-electron chi connectivity index (χ4n) is 6.34. The van der Waals surface area contributed by atoms with E-state index in [1.807, 2.05) is 23.8 Å². The van der Waals surface area contributed by atoms with Crippen LogP contribution in [0.4, 0.5) is 10.6 Å². The summed E-state index contributed by atoms with van der Waals surface area (Å²) in [6.07, 6.45) is 5.74. The number of likely N-dealkylation sites (tertiary alicyclic amines) is 1. The molecule has 14 heteroatoms. The van der Waals surface area contributed by atoms with Crippen molar-refractivity contribution in [2.24, 2.45) is 5.92 Å². The van der Waals surface area contributed by atoms with Gasteiger partial charge in [0.05, 0.1) is 5.39 Å². The van der Waals surface area contributed by atoms with Crippen molar-refractivity contribution in [2.75, 3.05) is 71.3 Å². The predicted octanol–water partition coefficient (Wildman–Crippen LogP) is 3.30. The number of carbonyl (C=O) groups excluding carboxylic acids is 1. The van der Waals surface area contributed by atoms with Crippen molar-refractivity contribution in [3.05, 3.63) is 57.6 Å². The van der Waals surface area contributed by atoms with Gasteiger partial charge in [-0.2, -0.15) is 0 Å². The molecule has 2 aliphatic heterocycles. The third kappa shape index (κ3) is 7.51. The average Bonchev–Trinajstić information content (AvgIpc) is 3.70. The molecule has 47 heavy (non-hydrogen) atoms. The number of nitrogens with one attached hydrogen (secondary N) is 2. The Morgan fingerprint density at radius 2 is 1.83 bits per heavy atom. The third-order valence-corrected chi connectivity index (χ3v) is 9.93. The number of pyridine rings is 3. The monoisotopic (exact) mass is 659 g/mol. The van der Waals surface area contributed by atoms with Gasteiger partial charge in [-0.05, 0) is 51.9 Å². The molecule has 0 aromatic carbocycles. The van der Waals surface area contributed by atoms with Gasteiger partial charge in [-0.3, -0.25) is 15.0 Å². The van der Waals surface area contributed by atoms with E-state index in [-0.39, 0.29) is 17.0 Å². The molecule has 2 amide bonds. The molecule has 3 N–H and O–H groups in total. The number of aryl methyl sites for hydroxylation is 1. The summed E-state index contributed by atoms with van der Waals surface area (Å²) in [5.41, 5.74) is 2.41. The number of rotatable bonds is 10. The molecule has 0 aliphatic carbocycles. The predicted molar refractivity (Wildman–Crippen MR) is 183 cm³/mol. The van der Waals surface area contributed by atoms with Crippen LogP contribution >= 0.6 is 11.3 Å². The van der Waals surface area contributed by atoms with Gasteiger partial charge >= 0.3 is 12.0 Å². The van der Waals surface area contributed by atoms with Crippen LogP contribution in [0.2, 0.25) is 0 Å². The van der Waals surface area contributed by atoms with Crippen LogP contribution in [0.25, 0.3) is 32.7 Å². The van der Waals surface area contributed by atoms with Crippen LogP contribution in [-0.2, 0) is 6.54 Å². The number of carboxylic acids is 1. The molecule has 2 saturated heterocycles. The van der Waals surface area contributed by atoms with E-state index < -0.39 is 11.4 Å². The molecule has 0 saturated carbocycles. The molecule has 0 bridgehead atoms. The highest BCUT2D eigenvalue weighted by molar-refractivity contribution is 7.13. The first-order valence-electron chi connectivity index (χ1n) is 16.1. The number of thiazole rings is 1. The summed E-state index contributed by atoms with van der Waals surface area (Å²) in [5.74, 6) is -0.608. The molecule has 1 atom stereocenters. The second-order valence-corrected chi connectivity index (χ2v) is 13.3. The maximum Gasteiger partial charge on any atom is 0.341 e. The van der Waals surface area contributed by atoms with Crippen LogP contribution in [-0.4, -0.2) is 117 Å². The van der Waals surface area contributed by atoms with Crippen molar-refractivity contribution >= 4 is 40.2 Å². The SMILES string of the molecule is CCNC(=O)Nc1cc(-c2nc(C)cs2)c(-c2cnc3c(c2)c(=O)c(C(=O)O)cn3C[C@@H]2CCN(CCN3CCN(C)CC3)C2)cn1. The molecule has 2 aliphatic rings.